The van der Waals surface area contributed by atoms with Crippen LogP contribution < -0.4 is 5.32 Å². The predicted octanol–water partition coefficient (Wildman–Crippen LogP) is 1.41. The maximum Gasteiger partial charge on any atom is 0.317 e. The molecule has 128 valence electrons. The summed E-state index contributed by atoms with van der Waals surface area (Å²) < 4.78 is 28.7. The summed E-state index contributed by atoms with van der Waals surface area (Å²) in [5.74, 6) is 0.138. The van der Waals surface area contributed by atoms with Crippen LogP contribution in [-0.2, 0) is 14.6 Å². The Balaban J connectivity index is 1.94. The molecule has 0 aromatic heterocycles. The van der Waals surface area contributed by atoms with E-state index in [-0.39, 0.29) is 35.1 Å². The molecular weight excluding hydrogens is 304 g/mol. The van der Waals surface area contributed by atoms with Crippen LogP contribution in [0.15, 0.2) is 0 Å². The van der Waals surface area contributed by atoms with Gasteiger partial charge in [-0.2, -0.15) is 0 Å². The minimum atomic E-state index is -2.96. The molecule has 1 N–H and O–H groups in total. The molecule has 1 aliphatic carbocycles. The normalized spacial score (nSPS) is 29.7. The Bertz CT molecular complexity index is 488. The molecular formula is C15H28N2O4S. The molecule has 1 saturated carbocycles. The van der Waals surface area contributed by atoms with Crippen LogP contribution in [0.2, 0.25) is 0 Å². The van der Waals surface area contributed by atoms with Crippen LogP contribution in [0.4, 0.5) is 4.79 Å². The van der Waals surface area contributed by atoms with Crippen LogP contribution in [-0.4, -0.2) is 62.7 Å². The number of carbonyl (C=O) groups excluding carboxylic acids is 1. The first-order valence-electron chi connectivity index (χ1n) is 8.26. The lowest BCUT2D eigenvalue weighted by Crippen LogP contribution is -2.66. The van der Waals surface area contributed by atoms with Gasteiger partial charge in [0.15, 0.2) is 9.84 Å². The third-order valence-electron chi connectivity index (χ3n) is 5.40. The maximum absolute atomic E-state index is 12.4. The summed E-state index contributed by atoms with van der Waals surface area (Å²) in [6.07, 6.45) is 2.98. The largest absolute Gasteiger partial charge is 0.378 e. The Kier molecular flexibility index (Phi) is 5.37. The minimum Gasteiger partial charge on any atom is -0.378 e. The van der Waals surface area contributed by atoms with Crippen LogP contribution in [0.5, 0.6) is 0 Å². The van der Waals surface area contributed by atoms with E-state index in [4.69, 9.17) is 4.74 Å². The van der Waals surface area contributed by atoms with Crippen molar-refractivity contribution in [1.29, 1.82) is 0 Å². The van der Waals surface area contributed by atoms with Gasteiger partial charge >= 0.3 is 6.03 Å². The van der Waals surface area contributed by atoms with Crippen LogP contribution in [0, 0.1) is 5.41 Å². The highest BCUT2D eigenvalue weighted by Crippen LogP contribution is 2.48. The van der Waals surface area contributed by atoms with Crippen molar-refractivity contribution in [2.75, 3.05) is 31.2 Å². The number of nitrogens with zero attached hydrogens (tertiary/aromatic N) is 1. The summed E-state index contributed by atoms with van der Waals surface area (Å²) in [7, 11) is -2.96. The molecule has 0 aromatic carbocycles. The fourth-order valence-corrected chi connectivity index (χ4v) is 4.94. The molecule has 0 bridgehead atoms. The topological polar surface area (TPSA) is 75.7 Å². The molecule has 1 saturated heterocycles. The van der Waals surface area contributed by atoms with Gasteiger partial charge in [0, 0.05) is 31.2 Å². The van der Waals surface area contributed by atoms with Crippen LogP contribution in [0.1, 0.15) is 40.0 Å². The van der Waals surface area contributed by atoms with Gasteiger partial charge in [0.25, 0.3) is 0 Å². The smallest absolute Gasteiger partial charge is 0.317 e. The van der Waals surface area contributed by atoms with Gasteiger partial charge in [-0.05, 0) is 26.2 Å². The number of ether oxygens (including phenoxy) is 1. The second kappa shape index (κ2) is 6.74. The molecule has 2 aliphatic rings. The maximum atomic E-state index is 12.4. The van der Waals surface area contributed by atoms with Gasteiger partial charge in [-0.15, -0.1) is 0 Å². The van der Waals surface area contributed by atoms with Crippen LogP contribution in [0.3, 0.4) is 0 Å². The summed E-state index contributed by atoms with van der Waals surface area (Å²) in [5.41, 5.74) is 0.00747. The number of rotatable bonds is 5. The van der Waals surface area contributed by atoms with Gasteiger partial charge in [-0.1, -0.05) is 13.8 Å². The molecule has 0 spiro atoms. The number of amides is 2. The predicted molar refractivity (Wildman–Crippen MR) is 85.6 cm³/mol. The first kappa shape index (κ1) is 17.5. The SMILES string of the molecule is CCO[C@H]1C[C@@H](NC(=O)N2CCS(=O)(=O)CC2)C1(CC)CC. The zero-order valence-electron chi connectivity index (χ0n) is 13.8. The first-order chi connectivity index (χ1) is 10.4. The summed E-state index contributed by atoms with van der Waals surface area (Å²) >= 11 is 0. The standard InChI is InChI=1S/C15H28N2O4S/c1-4-15(5-2)12(11-13(15)21-6-3)16-14(18)17-7-9-22(19,20)10-8-17/h12-13H,4-11H2,1-3H3,(H,16,18)/t12-,13+/m1/s1. The van der Waals surface area contributed by atoms with E-state index < -0.39 is 9.84 Å². The molecule has 7 heteroatoms. The monoisotopic (exact) mass is 332 g/mol. The van der Waals surface area contributed by atoms with Gasteiger partial charge in [0.1, 0.15) is 0 Å². The number of urea groups is 1. The number of nitrogens with one attached hydrogen (secondary N) is 1. The van der Waals surface area contributed by atoms with Crippen molar-refractivity contribution in [3.05, 3.63) is 0 Å². The van der Waals surface area contributed by atoms with E-state index in [1.54, 1.807) is 4.90 Å². The van der Waals surface area contributed by atoms with E-state index in [9.17, 15) is 13.2 Å². The molecule has 2 atom stereocenters. The summed E-state index contributed by atoms with van der Waals surface area (Å²) in [4.78, 5) is 14.0. The van der Waals surface area contributed by atoms with Crippen LogP contribution >= 0.6 is 0 Å². The molecule has 2 fully saturated rings. The Morgan fingerprint density at radius 3 is 2.32 bits per heavy atom. The molecule has 2 rings (SSSR count). The Morgan fingerprint density at radius 2 is 1.82 bits per heavy atom. The third-order valence-corrected chi connectivity index (χ3v) is 7.01. The lowest BCUT2D eigenvalue weighted by atomic mass is 9.58. The number of carbonyl (C=O) groups is 1. The van der Waals surface area contributed by atoms with E-state index in [0.717, 1.165) is 19.3 Å². The van der Waals surface area contributed by atoms with E-state index in [1.807, 2.05) is 6.92 Å². The zero-order valence-corrected chi connectivity index (χ0v) is 14.6. The number of hydrogen-bond acceptors (Lipinski definition) is 4. The van der Waals surface area contributed by atoms with Gasteiger partial charge < -0.3 is 15.0 Å². The van der Waals surface area contributed by atoms with E-state index in [1.165, 1.54) is 0 Å². The zero-order chi connectivity index (χ0) is 16.4. The number of hydrogen-bond donors (Lipinski definition) is 1. The lowest BCUT2D eigenvalue weighted by molar-refractivity contribution is -0.134. The average molecular weight is 332 g/mol. The first-order valence-corrected chi connectivity index (χ1v) is 10.1. The highest BCUT2D eigenvalue weighted by atomic mass is 32.2. The molecule has 0 aromatic rings. The van der Waals surface area contributed by atoms with Gasteiger partial charge in [-0.3, -0.25) is 0 Å². The second-order valence-electron chi connectivity index (χ2n) is 6.26. The van der Waals surface area contributed by atoms with Crippen molar-refractivity contribution in [2.45, 2.75) is 52.2 Å². The van der Waals surface area contributed by atoms with Crippen LogP contribution in [0.25, 0.3) is 0 Å². The number of sulfone groups is 1. The lowest BCUT2D eigenvalue weighted by Gasteiger charge is -2.55. The second-order valence-corrected chi connectivity index (χ2v) is 8.56. The highest BCUT2D eigenvalue weighted by molar-refractivity contribution is 7.91. The fraction of sp³-hybridized carbons (Fsp3) is 0.933. The Labute approximate surface area is 133 Å². The third kappa shape index (κ3) is 3.25. The molecule has 1 heterocycles. The van der Waals surface area contributed by atoms with Crippen molar-refractivity contribution in [3.63, 3.8) is 0 Å². The molecule has 2 amide bonds. The molecule has 0 unspecified atom stereocenters. The van der Waals surface area contributed by atoms with Gasteiger partial charge in [0.05, 0.1) is 17.6 Å². The van der Waals surface area contributed by atoms with Crippen molar-refractivity contribution in [1.82, 2.24) is 10.2 Å². The van der Waals surface area contributed by atoms with E-state index >= 15 is 0 Å². The molecule has 1 aliphatic heterocycles. The Morgan fingerprint density at radius 1 is 1.23 bits per heavy atom. The van der Waals surface area contributed by atoms with Crippen molar-refractivity contribution >= 4 is 15.9 Å². The average Bonchev–Trinajstić information content (AvgIpc) is 2.47. The Hall–Kier alpha value is -0.820. The van der Waals surface area contributed by atoms with Gasteiger partial charge in [0.2, 0.25) is 0 Å². The van der Waals surface area contributed by atoms with Crippen molar-refractivity contribution in [2.24, 2.45) is 5.41 Å². The van der Waals surface area contributed by atoms with Crippen molar-refractivity contribution < 1.29 is 17.9 Å². The van der Waals surface area contributed by atoms with E-state index in [2.05, 4.69) is 19.2 Å². The summed E-state index contributed by atoms with van der Waals surface area (Å²) in [6.45, 7) is 7.55. The molecule has 0 radical (unpaired) electrons. The summed E-state index contributed by atoms with van der Waals surface area (Å²) in [5, 5.41) is 3.11. The van der Waals surface area contributed by atoms with Gasteiger partial charge in [-0.25, -0.2) is 13.2 Å². The fourth-order valence-electron chi connectivity index (χ4n) is 3.74. The van der Waals surface area contributed by atoms with Crippen molar-refractivity contribution in [3.8, 4) is 0 Å². The van der Waals surface area contributed by atoms with E-state index in [0.29, 0.717) is 19.7 Å². The molecule has 6 nitrogen and oxygen atoms in total. The quantitative estimate of drug-likeness (QED) is 0.826. The minimum absolute atomic E-state index is 0.00747. The molecule has 22 heavy (non-hydrogen) atoms. The summed E-state index contributed by atoms with van der Waals surface area (Å²) in [6, 6.07) is -0.0220. The highest BCUT2D eigenvalue weighted by Gasteiger charge is 2.54.